The van der Waals surface area contributed by atoms with Crippen molar-refractivity contribution >= 4 is 5.84 Å². The van der Waals surface area contributed by atoms with Crippen LogP contribution in [0.5, 0.6) is 0 Å². The van der Waals surface area contributed by atoms with Crippen molar-refractivity contribution in [3.63, 3.8) is 0 Å². The van der Waals surface area contributed by atoms with E-state index in [-0.39, 0.29) is 5.82 Å². The van der Waals surface area contributed by atoms with Crippen molar-refractivity contribution in [2.24, 2.45) is 4.99 Å². The van der Waals surface area contributed by atoms with E-state index in [2.05, 4.69) is 10.5 Å². The van der Waals surface area contributed by atoms with E-state index in [0.717, 1.165) is 5.56 Å². The Morgan fingerprint density at radius 2 is 1.90 bits per heavy atom. The van der Waals surface area contributed by atoms with Crippen LogP contribution in [-0.4, -0.2) is 16.0 Å². The largest absolute Gasteiger partial charge is 0.364 e. The van der Waals surface area contributed by atoms with Gasteiger partial charge in [-0.2, -0.15) is 0 Å². The molecule has 1 aliphatic heterocycles. The van der Waals surface area contributed by atoms with Crippen LogP contribution in [0.2, 0.25) is 0 Å². The Labute approximate surface area is 120 Å². The van der Waals surface area contributed by atoms with Crippen molar-refractivity contribution < 1.29 is 19.4 Å². The Morgan fingerprint density at radius 1 is 1.14 bits per heavy atom. The molecule has 1 aliphatic rings. The summed E-state index contributed by atoms with van der Waals surface area (Å²) in [5, 5.41) is 18.4. The normalized spacial score (nSPS) is 17.7. The second kappa shape index (κ2) is 5.61. The zero-order valence-corrected chi connectivity index (χ0v) is 10.9. The van der Waals surface area contributed by atoms with Gasteiger partial charge in [-0.15, -0.1) is 0 Å². The first-order chi connectivity index (χ1) is 10.1. The Morgan fingerprint density at radius 3 is 2.62 bits per heavy atom. The molecule has 0 saturated heterocycles. The Balaban J connectivity index is 1.85. The molecular weight excluding hydrogens is 275 g/mol. The molecule has 21 heavy (non-hydrogen) atoms. The van der Waals surface area contributed by atoms with Gasteiger partial charge in [-0.05, 0) is 18.2 Å². The molecule has 0 fully saturated rings. The second-order valence-electron chi connectivity index (χ2n) is 4.60. The van der Waals surface area contributed by atoms with Crippen molar-refractivity contribution in [1.29, 1.82) is 0 Å². The van der Waals surface area contributed by atoms with E-state index in [1.54, 1.807) is 36.4 Å². The topological polar surface area (TPSA) is 74.1 Å². The summed E-state index contributed by atoms with van der Waals surface area (Å²) in [4.78, 5) is 9.70. The molecule has 1 atom stereocenters. The average Bonchev–Trinajstić information content (AvgIpc) is 2.98. The number of hydrogen-bond acceptors (Lipinski definition) is 5. The van der Waals surface area contributed by atoms with Crippen LogP contribution in [0.4, 0.5) is 4.39 Å². The van der Waals surface area contributed by atoms with Crippen LogP contribution < -0.4 is 5.48 Å². The lowest BCUT2D eigenvalue weighted by molar-refractivity contribution is -0.0425. The highest BCUT2D eigenvalue weighted by molar-refractivity contribution is 5.99. The number of aliphatic imine (C=N–C) groups is 1. The van der Waals surface area contributed by atoms with E-state index in [0.29, 0.717) is 17.0 Å². The molecule has 0 spiro atoms. The Hall–Kier alpha value is -2.28. The molecule has 2 aromatic carbocycles. The molecule has 5 nitrogen and oxygen atoms in total. The minimum Gasteiger partial charge on any atom is -0.364 e. The summed E-state index contributed by atoms with van der Waals surface area (Å²) in [5.74, 6) is 0.158. The van der Waals surface area contributed by atoms with E-state index in [1.165, 1.54) is 12.1 Å². The van der Waals surface area contributed by atoms with E-state index in [4.69, 9.17) is 4.84 Å². The van der Waals surface area contributed by atoms with Gasteiger partial charge in [0, 0.05) is 16.7 Å². The molecular formula is C15H13FN2O3. The van der Waals surface area contributed by atoms with Crippen molar-refractivity contribution in [3.8, 4) is 0 Å². The van der Waals surface area contributed by atoms with Crippen molar-refractivity contribution in [2.45, 2.75) is 12.5 Å². The maximum absolute atomic E-state index is 12.9. The van der Waals surface area contributed by atoms with Crippen LogP contribution >= 0.6 is 0 Å². The number of aliphatic hydroxyl groups excluding tert-OH is 1. The van der Waals surface area contributed by atoms with Gasteiger partial charge >= 0.3 is 0 Å². The summed E-state index contributed by atoms with van der Waals surface area (Å²) >= 11 is 0. The predicted molar refractivity (Wildman–Crippen MR) is 73.5 cm³/mol. The zero-order chi connectivity index (χ0) is 14.8. The molecule has 0 bridgehead atoms. The van der Waals surface area contributed by atoms with Crippen molar-refractivity contribution in [1.82, 2.24) is 5.48 Å². The van der Waals surface area contributed by atoms with Gasteiger partial charge in [-0.25, -0.2) is 19.7 Å². The lowest BCUT2D eigenvalue weighted by Gasteiger charge is -2.06. The van der Waals surface area contributed by atoms with E-state index >= 15 is 0 Å². The summed E-state index contributed by atoms with van der Waals surface area (Å²) < 4.78 is 12.9. The fourth-order valence-corrected chi connectivity index (χ4v) is 2.03. The standard InChI is InChI=1S/C15H13FN2O3/c16-12-6-4-9(5-7-12)14-17-13(18-21-14)10-2-1-3-11(8-10)15(19)20/h1-8,14-15,19-20H,(H,17,18). The highest BCUT2D eigenvalue weighted by Gasteiger charge is 2.21. The third kappa shape index (κ3) is 2.92. The summed E-state index contributed by atoms with van der Waals surface area (Å²) in [7, 11) is 0. The number of nitrogens with one attached hydrogen (secondary N) is 1. The molecule has 3 rings (SSSR count). The first kappa shape index (κ1) is 13.7. The molecule has 0 aliphatic carbocycles. The van der Waals surface area contributed by atoms with Gasteiger partial charge in [0.1, 0.15) is 5.82 Å². The molecule has 3 N–H and O–H groups in total. The van der Waals surface area contributed by atoms with Gasteiger partial charge in [-0.3, -0.25) is 0 Å². The highest BCUT2D eigenvalue weighted by atomic mass is 19.1. The van der Waals surface area contributed by atoms with Gasteiger partial charge in [0.25, 0.3) is 0 Å². The van der Waals surface area contributed by atoms with Crippen LogP contribution in [-0.2, 0) is 4.84 Å². The van der Waals surface area contributed by atoms with E-state index < -0.39 is 12.5 Å². The van der Waals surface area contributed by atoms with Crippen molar-refractivity contribution in [2.75, 3.05) is 0 Å². The van der Waals surface area contributed by atoms with Crippen LogP contribution in [0.15, 0.2) is 53.5 Å². The smallest absolute Gasteiger partial charge is 0.202 e. The number of hydrogen-bond donors (Lipinski definition) is 3. The molecule has 1 unspecified atom stereocenters. The van der Waals surface area contributed by atoms with Gasteiger partial charge in [-0.1, -0.05) is 30.3 Å². The number of halogens is 1. The molecule has 0 aromatic heterocycles. The molecule has 2 aromatic rings. The number of nitrogens with zero attached hydrogens (tertiary/aromatic N) is 1. The monoisotopic (exact) mass is 288 g/mol. The summed E-state index contributed by atoms with van der Waals surface area (Å²) in [6, 6.07) is 12.6. The summed E-state index contributed by atoms with van der Waals surface area (Å²) in [6.07, 6.45) is -2.11. The number of aliphatic hydroxyl groups is 2. The number of amidine groups is 1. The SMILES string of the molecule is OC(O)c1cccc(C2=NC(c3ccc(F)cc3)ON2)c1. The minimum atomic E-state index is -1.54. The fraction of sp³-hybridized carbons (Fsp3) is 0.133. The van der Waals surface area contributed by atoms with Gasteiger partial charge in [0.05, 0.1) is 0 Å². The lowest BCUT2D eigenvalue weighted by atomic mass is 10.1. The molecule has 0 saturated carbocycles. The second-order valence-corrected chi connectivity index (χ2v) is 4.60. The van der Waals surface area contributed by atoms with Crippen LogP contribution in [0, 0.1) is 5.82 Å². The lowest BCUT2D eigenvalue weighted by Crippen LogP contribution is -2.18. The average molecular weight is 288 g/mol. The van der Waals surface area contributed by atoms with E-state index in [1.807, 2.05) is 0 Å². The summed E-state index contributed by atoms with van der Waals surface area (Å²) in [5.41, 5.74) is 4.45. The third-order valence-corrected chi connectivity index (χ3v) is 3.13. The fourth-order valence-electron chi connectivity index (χ4n) is 2.03. The quantitative estimate of drug-likeness (QED) is 0.753. The minimum absolute atomic E-state index is 0.321. The van der Waals surface area contributed by atoms with Gasteiger partial charge < -0.3 is 10.2 Å². The van der Waals surface area contributed by atoms with Gasteiger partial charge in [0.2, 0.25) is 6.23 Å². The first-order valence-electron chi connectivity index (χ1n) is 6.35. The van der Waals surface area contributed by atoms with Gasteiger partial charge in [0.15, 0.2) is 12.1 Å². The number of benzene rings is 2. The van der Waals surface area contributed by atoms with Crippen LogP contribution in [0.25, 0.3) is 0 Å². The van der Waals surface area contributed by atoms with Crippen LogP contribution in [0.1, 0.15) is 29.2 Å². The highest BCUT2D eigenvalue weighted by Crippen LogP contribution is 2.24. The molecule has 1 heterocycles. The summed E-state index contributed by atoms with van der Waals surface area (Å²) in [6.45, 7) is 0. The molecule has 108 valence electrons. The Bertz CT molecular complexity index is 671. The third-order valence-electron chi connectivity index (χ3n) is 3.13. The zero-order valence-electron chi connectivity index (χ0n) is 10.9. The molecule has 0 amide bonds. The maximum atomic E-state index is 12.9. The number of hydroxylamine groups is 1. The van der Waals surface area contributed by atoms with Crippen LogP contribution in [0.3, 0.4) is 0 Å². The van der Waals surface area contributed by atoms with Crippen molar-refractivity contribution in [3.05, 3.63) is 71.0 Å². The maximum Gasteiger partial charge on any atom is 0.202 e. The first-order valence-corrected chi connectivity index (χ1v) is 6.35. The predicted octanol–water partition coefficient (Wildman–Crippen LogP) is 1.79. The molecule has 6 heteroatoms. The number of rotatable bonds is 3. The van der Waals surface area contributed by atoms with E-state index in [9.17, 15) is 14.6 Å². The Kier molecular flexibility index (Phi) is 3.66. The molecule has 0 radical (unpaired) electrons.